The Morgan fingerprint density at radius 2 is 2.14 bits per heavy atom. The van der Waals surface area contributed by atoms with Gasteiger partial charge in [-0.3, -0.25) is 0 Å². The molecule has 0 fully saturated rings. The van der Waals surface area contributed by atoms with Crippen molar-refractivity contribution in [3.8, 4) is 11.5 Å². The number of halogens is 2. The molecule has 28 heavy (non-hydrogen) atoms. The summed E-state index contributed by atoms with van der Waals surface area (Å²) in [7, 11) is 1.52. The van der Waals surface area contributed by atoms with Crippen molar-refractivity contribution in [2.24, 2.45) is 0 Å². The number of benzene rings is 2. The number of nitrogens with one attached hydrogen (secondary N) is 1. The van der Waals surface area contributed by atoms with Gasteiger partial charge in [-0.1, -0.05) is 41.0 Å². The average Bonchev–Trinajstić information content (AvgIpc) is 3.13. The van der Waals surface area contributed by atoms with Crippen LogP contribution in [0.3, 0.4) is 0 Å². The molecule has 2 aromatic carbocycles. The molecule has 0 saturated heterocycles. The lowest BCUT2D eigenvalue weighted by atomic mass is 10.2. The van der Waals surface area contributed by atoms with E-state index in [1.165, 1.54) is 13.2 Å². The Morgan fingerprint density at radius 3 is 2.89 bits per heavy atom. The van der Waals surface area contributed by atoms with E-state index in [9.17, 15) is 4.39 Å². The zero-order valence-corrected chi connectivity index (χ0v) is 16.0. The number of tetrazole rings is 1. The first kappa shape index (κ1) is 19.6. The first-order valence-electron chi connectivity index (χ1n) is 8.46. The van der Waals surface area contributed by atoms with E-state index < -0.39 is 0 Å². The molecule has 1 aromatic heterocycles. The van der Waals surface area contributed by atoms with Gasteiger partial charge in [0.25, 0.3) is 0 Å². The van der Waals surface area contributed by atoms with Crippen LogP contribution < -0.4 is 14.8 Å². The fraction of sp³-hybridized carbons (Fsp3) is 0.211. The van der Waals surface area contributed by atoms with E-state index in [1.807, 2.05) is 0 Å². The van der Waals surface area contributed by atoms with Crippen LogP contribution in [-0.4, -0.2) is 27.3 Å². The SMILES string of the molecule is C=CCn1nnnc1NCc1cc(Cl)c(OCc2ccccc2F)c(OC)c1. The van der Waals surface area contributed by atoms with Crippen LogP contribution in [0.25, 0.3) is 0 Å². The van der Waals surface area contributed by atoms with Crippen LogP contribution in [0.15, 0.2) is 49.1 Å². The topological polar surface area (TPSA) is 74.1 Å². The number of aromatic nitrogens is 4. The number of hydrogen-bond acceptors (Lipinski definition) is 6. The molecule has 0 atom stereocenters. The van der Waals surface area contributed by atoms with Gasteiger partial charge in [0.2, 0.25) is 5.95 Å². The molecule has 0 aliphatic rings. The molecule has 146 valence electrons. The number of methoxy groups -OCH3 is 1. The van der Waals surface area contributed by atoms with E-state index in [1.54, 1.807) is 41.1 Å². The van der Waals surface area contributed by atoms with Crippen molar-refractivity contribution < 1.29 is 13.9 Å². The van der Waals surface area contributed by atoms with Crippen molar-refractivity contribution in [2.75, 3.05) is 12.4 Å². The Balaban J connectivity index is 1.73. The van der Waals surface area contributed by atoms with Crippen LogP contribution in [0, 0.1) is 5.82 Å². The highest BCUT2D eigenvalue weighted by atomic mass is 35.5. The van der Waals surface area contributed by atoms with Gasteiger partial charge < -0.3 is 14.8 Å². The molecule has 0 bridgehead atoms. The van der Waals surface area contributed by atoms with Crippen molar-refractivity contribution in [1.82, 2.24) is 20.2 Å². The summed E-state index contributed by atoms with van der Waals surface area (Å²) < 4.78 is 26.5. The highest BCUT2D eigenvalue weighted by molar-refractivity contribution is 6.32. The monoisotopic (exact) mass is 403 g/mol. The maximum Gasteiger partial charge on any atom is 0.243 e. The van der Waals surface area contributed by atoms with Crippen molar-refractivity contribution in [2.45, 2.75) is 19.7 Å². The minimum atomic E-state index is -0.337. The molecule has 0 amide bonds. The van der Waals surface area contributed by atoms with Crippen LogP contribution >= 0.6 is 11.6 Å². The summed E-state index contributed by atoms with van der Waals surface area (Å²) in [4.78, 5) is 0. The maximum absolute atomic E-state index is 13.8. The van der Waals surface area contributed by atoms with Gasteiger partial charge in [0, 0.05) is 12.1 Å². The smallest absolute Gasteiger partial charge is 0.243 e. The number of allylic oxidation sites excluding steroid dienone is 1. The highest BCUT2D eigenvalue weighted by Gasteiger charge is 2.14. The Kier molecular flexibility index (Phi) is 6.44. The summed E-state index contributed by atoms with van der Waals surface area (Å²) in [6, 6.07) is 9.94. The third-order valence-corrected chi connectivity index (χ3v) is 4.18. The van der Waals surface area contributed by atoms with Crippen LogP contribution in [0.2, 0.25) is 5.02 Å². The molecule has 3 aromatic rings. The fourth-order valence-electron chi connectivity index (χ4n) is 2.54. The van der Waals surface area contributed by atoms with Crippen molar-refractivity contribution in [3.63, 3.8) is 0 Å². The van der Waals surface area contributed by atoms with Gasteiger partial charge in [0.05, 0.1) is 18.7 Å². The van der Waals surface area contributed by atoms with Gasteiger partial charge in [-0.2, -0.15) is 0 Å². The van der Waals surface area contributed by atoms with Gasteiger partial charge in [-0.15, -0.1) is 6.58 Å². The summed E-state index contributed by atoms with van der Waals surface area (Å²) in [6.07, 6.45) is 1.70. The Morgan fingerprint density at radius 1 is 1.32 bits per heavy atom. The zero-order valence-electron chi connectivity index (χ0n) is 15.2. The van der Waals surface area contributed by atoms with Crippen molar-refractivity contribution in [3.05, 3.63) is 71.0 Å². The van der Waals surface area contributed by atoms with Crippen molar-refractivity contribution in [1.29, 1.82) is 0 Å². The van der Waals surface area contributed by atoms with Gasteiger partial charge in [-0.25, -0.2) is 9.07 Å². The van der Waals surface area contributed by atoms with E-state index in [-0.39, 0.29) is 12.4 Å². The lowest BCUT2D eigenvalue weighted by Gasteiger charge is -2.15. The molecular weight excluding hydrogens is 385 g/mol. The summed E-state index contributed by atoms with van der Waals surface area (Å²) in [5.74, 6) is 0.976. The van der Waals surface area contributed by atoms with E-state index in [0.717, 1.165) is 5.56 Å². The van der Waals surface area contributed by atoms with E-state index in [4.69, 9.17) is 21.1 Å². The zero-order chi connectivity index (χ0) is 19.9. The van der Waals surface area contributed by atoms with Gasteiger partial charge in [0.1, 0.15) is 12.4 Å². The molecule has 7 nitrogen and oxygen atoms in total. The van der Waals surface area contributed by atoms with Gasteiger partial charge in [0.15, 0.2) is 11.5 Å². The second-order valence-corrected chi connectivity index (χ2v) is 6.22. The molecule has 0 spiro atoms. The predicted octanol–water partition coefficient (Wildman–Crippen LogP) is 3.85. The molecule has 0 aliphatic heterocycles. The van der Waals surface area contributed by atoms with Gasteiger partial charge in [-0.05, 0) is 34.2 Å². The quantitative estimate of drug-likeness (QED) is 0.547. The summed E-state index contributed by atoms with van der Waals surface area (Å²) >= 11 is 6.38. The predicted molar refractivity (Wildman–Crippen MR) is 104 cm³/mol. The van der Waals surface area contributed by atoms with E-state index in [0.29, 0.717) is 41.1 Å². The first-order chi connectivity index (χ1) is 13.6. The molecule has 1 N–H and O–H groups in total. The molecule has 1 heterocycles. The Hall–Kier alpha value is -3.13. The second kappa shape index (κ2) is 9.18. The minimum absolute atomic E-state index is 0.0384. The van der Waals surface area contributed by atoms with E-state index in [2.05, 4.69) is 27.4 Å². The normalized spacial score (nSPS) is 10.5. The third kappa shape index (κ3) is 4.58. The number of nitrogens with zero attached hydrogens (tertiary/aromatic N) is 4. The largest absolute Gasteiger partial charge is 0.493 e. The Bertz CT molecular complexity index is 963. The summed E-state index contributed by atoms with van der Waals surface area (Å²) in [6.45, 7) is 4.61. The van der Waals surface area contributed by atoms with Crippen LogP contribution in [0.5, 0.6) is 11.5 Å². The van der Waals surface area contributed by atoms with Gasteiger partial charge >= 0.3 is 0 Å². The highest BCUT2D eigenvalue weighted by Crippen LogP contribution is 2.37. The molecule has 0 unspecified atom stereocenters. The minimum Gasteiger partial charge on any atom is -0.493 e. The molecule has 0 radical (unpaired) electrons. The number of hydrogen-bond donors (Lipinski definition) is 1. The second-order valence-electron chi connectivity index (χ2n) is 5.82. The number of ether oxygens (including phenoxy) is 2. The number of rotatable bonds is 9. The molecule has 0 saturated carbocycles. The summed E-state index contributed by atoms with van der Waals surface area (Å²) in [5.41, 5.74) is 1.27. The lowest BCUT2D eigenvalue weighted by molar-refractivity contribution is 0.280. The number of anilines is 1. The van der Waals surface area contributed by atoms with Crippen molar-refractivity contribution >= 4 is 17.5 Å². The van der Waals surface area contributed by atoms with E-state index >= 15 is 0 Å². The van der Waals surface area contributed by atoms with Crippen LogP contribution in [0.4, 0.5) is 10.3 Å². The first-order valence-corrected chi connectivity index (χ1v) is 8.83. The fourth-order valence-corrected chi connectivity index (χ4v) is 2.83. The molecule has 0 aliphatic carbocycles. The molecular formula is C19H19ClFN5O2. The molecule has 9 heteroatoms. The maximum atomic E-state index is 13.8. The lowest BCUT2D eigenvalue weighted by Crippen LogP contribution is -2.08. The van der Waals surface area contributed by atoms with Crippen LogP contribution in [-0.2, 0) is 19.7 Å². The molecule has 3 rings (SSSR count). The summed E-state index contributed by atoms with van der Waals surface area (Å²) in [5, 5.41) is 14.9. The van der Waals surface area contributed by atoms with Crippen LogP contribution in [0.1, 0.15) is 11.1 Å². The standard InChI is InChI=1S/C19H19ClFN5O2/c1-3-8-26-19(23-24-25-26)22-11-13-9-15(20)18(17(10-13)27-2)28-12-14-6-4-5-7-16(14)21/h3-7,9-10H,1,8,11-12H2,2H3,(H,22,23,25). The third-order valence-electron chi connectivity index (χ3n) is 3.90. The Labute approximate surface area is 166 Å². The average molecular weight is 404 g/mol.